The van der Waals surface area contributed by atoms with E-state index in [1.807, 2.05) is 59.7 Å². The zero-order valence-electron chi connectivity index (χ0n) is 19.1. The molecule has 0 fully saturated rings. The van der Waals surface area contributed by atoms with Gasteiger partial charge in [-0.3, -0.25) is 14.6 Å². The van der Waals surface area contributed by atoms with Crippen LogP contribution in [0.5, 0.6) is 0 Å². The van der Waals surface area contributed by atoms with Crippen molar-refractivity contribution in [1.29, 1.82) is 0 Å². The van der Waals surface area contributed by atoms with E-state index in [1.165, 1.54) is 16.4 Å². The minimum absolute atomic E-state index is 0.137. The molecule has 1 aromatic carbocycles. The van der Waals surface area contributed by atoms with Crippen LogP contribution in [0.15, 0.2) is 35.3 Å². The maximum Gasteiger partial charge on any atom is 0.263 e. The topological polar surface area (TPSA) is 110 Å². The van der Waals surface area contributed by atoms with Crippen molar-refractivity contribution in [3.63, 3.8) is 0 Å². The smallest absolute Gasteiger partial charge is 0.263 e. The quantitative estimate of drug-likeness (QED) is 0.511. The van der Waals surface area contributed by atoms with Crippen molar-refractivity contribution < 1.29 is 4.79 Å². The van der Waals surface area contributed by atoms with Gasteiger partial charge in [-0.05, 0) is 49.4 Å². The third-order valence-corrected chi connectivity index (χ3v) is 5.15. The summed E-state index contributed by atoms with van der Waals surface area (Å²) >= 11 is 0. The van der Waals surface area contributed by atoms with E-state index in [0.29, 0.717) is 29.0 Å². The minimum atomic E-state index is -0.333. The highest BCUT2D eigenvalue weighted by Crippen LogP contribution is 2.22. The Balaban J connectivity index is 1.80. The number of aryl methyl sites for hydroxylation is 3. The number of fused-ring (bicyclic) bond motifs is 1. The van der Waals surface area contributed by atoms with Crippen LogP contribution in [-0.2, 0) is 4.79 Å². The minimum Gasteiger partial charge on any atom is -0.310 e. The van der Waals surface area contributed by atoms with Crippen molar-refractivity contribution in [3.8, 4) is 11.6 Å². The van der Waals surface area contributed by atoms with Crippen molar-refractivity contribution in [3.05, 3.63) is 57.6 Å². The Kier molecular flexibility index (Phi) is 5.20. The molecule has 3 aromatic heterocycles. The van der Waals surface area contributed by atoms with E-state index >= 15 is 0 Å². The van der Waals surface area contributed by atoms with Crippen LogP contribution in [0.25, 0.3) is 22.7 Å². The predicted molar refractivity (Wildman–Crippen MR) is 124 cm³/mol. The lowest BCUT2D eigenvalue weighted by molar-refractivity contribution is -0.117. The first-order valence-electron chi connectivity index (χ1n) is 10.4. The lowest BCUT2D eigenvalue weighted by Crippen LogP contribution is -2.22. The van der Waals surface area contributed by atoms with Gasteiger partial charge in [0, 0.05) is 12.5 Å². The summed E-state index contributed by atoms with van der Waals surface area (Å²) in [6.45, 7) is 11.9. The number of hydrogen-bond acceptors (Lipinski definition) is 5. The van der Waals surface area contributed by atoms with Crippen LogP contribution in [0.2, 0.25) is 0 Å². The Bertz CT molecular complexity index is 1390. The summed E-state index contributed by atoms with van der Waals surface area (Å²) in [7, 11) is 0. The lowest BCUT2D eigenvalue weighted by Gasteiger charge is -2.17. The number of anilines is 1. The normalized spacial score (nSPS) is 11.8. The van der Waals surface area contributed by atoms with E-state index in [-0.39, 0.29) is 22.8 Å². The second-order valence-electron chi connectivity index (χ2n) is 9.32. The largest absolute Gasteiger partial charge is 0.310 e. The third kappa shape index (κ3) is 4.18. The van der Waals surface area contributed by atoms with Gasteiger partial charge in [0.1, 0.15) is 11.2 Å². The van der Waals surface area contributed by atoms with Crippen molar-refractivity contribution >= 4 is 22.8 Å². The highest BCUT2D eigenvalue weighted by molar-refractivity contribution is 5.90. The van der Waals surface area contributed by atoms with Gasteiger partial charge in [0.15, 0.2) is 5.65 Å². The number of rotatable bonds is 4. The van der Waals surface area contributed by atoms with Gasteiger partial charge in [-0.25, -0.2) is 4.68 Å². The zero-order chi connectivity index (χ0) is 23.2. The summed E-state index contributed by atoms with van der Waals surface area (Å²) in [6.07, 6.45) is 1.85. The van der Waals surface area contributed by atoms with Crippen molar-refractivity contribution in [1.82, 2.24) is 29.5 Å². The van der Waals surface area contributed by atoms with Crippen LogP contribution in [0.4, 0.5) is 5.82 Å². The fourth-order valence-corrected chi connectivity index (χ4v) is 3.47. The lowest BCUT2D eigenvalue weighted by atomic mass is 9.92. The standard InChI is InChI=1S/C23H27N7O2/c1-13-7-8-16(9-14(13)2)29-20-17(12-24-29)21(32)27-22(26-20)30-18(10-15(3)28-30)25-19(31)11-23(4,5)6/h7-10,12H,11H2,1-6H3,(H,25,31)(H,26,27,32). The maximum absolute atomic E-state index is 12.8. The molecule has 9 nitrogen and oxygen atoms in total. The molecule has 0 saturated heterocycles. The number of benzene rings is 1. The molecule has 0 radical (unpaired) electrons. The molecule has 0 aliphatic rings. The molecular formula is C23H27N7O2. The van der Waals surface area contributed by atoms with Gasteiger partial charge in [0.05, 0.1) is 17.6 Å². The summed E-state index contributed by atoms with van der Waals surface area (Å²) in [5.41, 5.74) is 3.69. The summed E-state index contributed by atoms with van der Waals surface area (Å²) in [5.74, 6) is 0.506. The van der Waals surface area contributed by atoms with E-state index in [1.54, 1.807) is 10.7 Å². The molecule has 0 bridgehead atoms. The van der Waals surface area contributed by atoms with Crippen molar-refractivity contribution in [2.24, 2.45) is 5.41 Å². The number of hydrogen-bond donors (Lipinski definition) is 2. The number of carbonyl (C=O) groups excluding carboxylic acids is 1. The zero-order valence-corrected chi connectivity index (χ0v) is 19.1. The average Bonchev–Trinajstić information content (AvgIpc) is 3.26. The van der Waals surface area contributed by atoms with Gasteiger partial charge in [-0.2, -0.15) is 19.9 Å². The van der Waals surface area contributed by atoms with Crippen LogP contribution in [0, 0.1) is 26.2 Å². The van der Waals surface area contributed by atoms with E-state index in [4.69, 9.17) is 0 Å². The summed E-state index contributed by atoms with van der Waals surface area (Å²) < 4.78 is 3.07. The third-order valence-electron chi connectivity index (χ3n) is 5.15. The molecule has 0 aliphatic carbocycles. The Morgan fingerprint density at radius 2 is 1.84 bits per heavy atom. The van der Waals surface area contributed by atoms with Crippen molar-refractivity contribution in [2.75, 3.05) is 5.32 Å². The molecule has 3 heterocycles. The molecule has 32 heavy (non-hydrogen) atoms. The summed E-state index contributed by atoms with van der Waals surface area (Å²) in [6, 6.07) is 7.69. The van der Waals surface area contributed by atoms with E-state index in [0.717, 1.165) is 11.3 Å². The molecule has 0 saturated carbocycles. The Labute approximate surface area is 185 Å². The first-order chi connectivity index (χ1) is 15.0. The van der Waals surface area contributed by atoms with E-state index in [2.05, 4.69) is 25.5 Å². The van der Waals surface area contributed by atoms with Crippen LogP contribution in [-0.4, -0.2) is 35.4 Å². The molecule has 0 atom stereocenters. The first-order valence-corrected chi connectivity index (χ1v) is 10.4. The van der Waals surface area contributed by atoms with Gasteiger partial charge in [0.25, 0.3) is 5.56 Å². The average molecular weight is 434 g/mol. The van der Waals surface area contributed by atoms with Crippen LogP contribution < -0.4 is 10.9 Å². The number of carbonyl (C=O) groups is 1. The molecule has 166 valence electrons. The number of nitrogens with one attached hydrogen (secondary N) is 2. The Morgan fingerprint density at radius 1 is 1.09 bits per heavy atom. The molecule has 0 spiro atoms. The second kappa shape index (κ2) is 7.74. The maximum atomic E-state index is 12.8. The van der Waals surface area contributed by atoms with Gasteiger partial charge < -0.3 is 5.32 Å². The highest BCUT2D eigenvalue weighted by atomic mass is 16.1. The number of amides is 1. The van der Waals surface area contributed by atoms with Gasteiger partial charge in [-0.1, -0.05) is 26.8 Å². The fraction of sp³-hybridized carbons (Fsp3) is 0.348. The number of H-pyrrole nitrogens is 1. The molecule has 0 aliphatic heterocycles. The van der Waals surface area contributed by atoms with Gasteiger partial charge >= 0.3 is 0 Å². The summed E-state index contributed by atoms with van der Waals surface area (Å²) in [4.78, 5) is 32.7. The van der Waals surface area contributed by atoms with E-state index < -0.39 is 0 Å². The number of aromatic amines is 1. The molecule has 1 amide bonds. The highest BCUT2D eigenvalue weighted by Gasteiger charge is 2.20. The second-order valence-corrected chi connectivity index (χ2v) is 9.32. The summed E-state index contributed by atoms with van der Waals surface area (Å²) in [5, 5.41) is 12.1. The Morgan fingerprint density at radius 3 is 2.53 bits per heavy atom. The molecule has 4 rings (SSSR count). The predicted octanol–water partition coefficient (Wildman–Crippen LogP) is 3.59. The van der Waals surface area contributed by atoms with Crippen molar-refractivity contribution in [2.45, 2.75) is 48.0 Å². The number of nitrogens with zero attached hydrogens (tertiary/aromatic N) is 5. The number of aromatic nitrogens is 6. The van der Waals surface area contributed by atoms with Crippen LogP contribution in [0.3, 0.4) is 0 Å². The first kappa shape index (κ1) is 21.5. The SMILES string of the molecule is Cc1cc(NC(=O)CC(C)(C)C)n(-c2nc3c(cnn3-c3ccc(C)c(C)c3)c(=O)[nH]2)n1. The van der Waals surface area contributed by atoms with Gasteiger partial charge in [-0.15, -0.1) is 0 Å². The van der Waals surface area contributed by atoms with Gasteiger partial charge in [0.2, 0.25) is 11.9 Å². The van der Waals surface area contributed by atoms with Crippen LogP contribution >= 0.6 is 0 Å². The fourth-order valence-electron chi connectivity index (χ4n) is 3.47. The molecule has 2 N–H and O–H groups in total. The van der Waals surface area contributed by atoms with E-state index in [9.17, 15) is 9.59 Å². The molecule has 9 heteroatoms. The van der Waals surface area contributed by atoms with Crippen LogP contribution in [0.1, 0.15) is 44.0 Å². The molecular weight excluding hydrogens is 406 g/mol. The monoisotopic (exact) mass is 433 g/mol. The molecule has 4 aromatic rings. The molecule has 0 unspecified atom stereocenters. The Hall–Kier alpha value is -3.75.